The molecule has 2 aromatic carbocycles. The van der Waals surface area contributed by atoms with Crippen LogP contribution in [0.2, 0.25) is 5.02 Å². The minimum absolute atomic E-state index is 0.0771. The van der Waals surface area contributed by atoms with E-state index in [-0.39, 0.29) is 5.84 Å². The predicted octanol–water partition coefficient (Wildman–Crippen LogP) is 3.51. The average molecular weight is 275 g/mol. The van der Waals surface area contributed by atoms with Gasteiger partial charge in [-0.25, -0.2) is 0 Å². The van der Waals surface area contributed by atoms with Crippen molar-refractivity contribution in [3.05, 3.63) is 64.2 Å². The lowest BCUT2D eigenvalue weighted by atomic mass is 10.1. The molecule has 0 fully saturated rings. The molecule has 0 spiro atoms. The summed E-state index contributed by atoms with van der Waals surface area (Å²) in [7, 11) is 0. The van der Waals surface area contributed by atoms with Crippen LogP contribution in [0.4, 0.5) is 0 Å². The number of rotatable bonds is 4. The molecule has 19 heavy (non-hydrogen) atoms. The van der Waals surface area contributed by atoms with Crippen LogP contribution in [0, 0.1) is 12.3 Å². The van der Waals surface area contributed by atoms with E-state index < -0.39 is 0 Å². The summed E-state index contributed by atoms with van der Waals surface area (Å²) < 4.78 is 5.68. The summed E-state index contributed by atoms with van der Waals surface area (Å²) in [6.45, 7) is 2.46. The zero-order valence-electron chi connectivity index (χ0n) is 10.6. The molecule has 0 aliphatic heterocycles. The molecule has 0 bridgehead atoms. The van der Waals surface area contributed by atoms with Crippen LogP contribution in [0.15, 0.2) is 42.5 Å². The Labute approximate surface area is 117 Å². The molecule has 0 atom stereocenters. The molecular formula is C15H15ClN2O. The van der Waals surface area contributed by atoms with E-state index in [9.17, 15) is 0 Å². The Kier molecular flexibility index (Phi) is 4.07. The van der Waals surface area contributed by atoms with Crippen LogP contribution < -0.4 is 10.5 Å². The molecule has 3 nitrogen and oxygen atoms in total. The number of amidine groups is 1. The summed E-state index contributed by atoms with van der Waals surface area (Å²) in [6, 6.07) is 12.9. The fourth-order valence-electron chi connectivity index (χ4n) is 1.72. The maximum atomic E-state index is 7.39. The molecule has 0 saturated heterocycles. The van der Waals surface area contributed by atoms with Crippen LogP contribution in [-0.2, 0) is 6.61 Å². The van der Waals surface area contributed by atoms with E-state index in [0.29, 0.717) is 11.6 Å². The first kappa shape index (κ1) is 13.4. The highest BCUT2D eigenvalue weighted by molar-refractivity contribution is 6.30. The number of nitrogens with one attached hydrogen (secondary N) is 1. The highest BCUT2D eigenvalue weighted by Gasteiger charge is 2.03. The lowest BCUT2D eigenvalue weighted by Crippen LogP contribution is -2.11. The van der Waals surface area contributed by atoms with Crippen molar-refractivity contribution in [1.82, 2.24) is 0 Å². The first-order valence-corrected chi connectivity index (χ1v) is 6.26. The predicted molar refractivity (Wildman–Crippen MR) is 78.0 cm³/mol. The number of hydrogen-bond acceptors (Lipinski definition) is 2. The van der Waals surface area contributed by atoms with Crippen molar-refractivity contribution in [2.24, 2.45) is 5.73 Å². The standard InChI is InChI=1S/C15H15ClN2O/c1-10-8-11(15(17)18)2-3-12(10)9-19-14-6-4-13(16)5-7-14/h2-8H,9H2,1H3,(H3,17,18). The minimum atomic E-state index is 0.0771. The van der Waals surface area contributed by atoms with Crippen molar-refractivity contribution in [2.45, 2.75) is 13.5 Å². The Hall–Kier alpha value is -2.00. The minimum Gasteiger partial charge on any atom is -0.489 e. The second-order valence-electron chi connectivity index (χ2n) is 4.30. The van der Waals surface area contributed by atoms with Gasteiger partial charge in [0.1, 0.15) is 18.2 Å². The molecule has 0 heterocycles. The van der Waals surface area contributed by atoms with Gasteiger partial charge >= 0.3 is 0 Å². The zero-order chi connectivity index (χ0) is 13.8. The molecule has 2 rings (SSSR count). The van der Waals surface area contributed by atoms with Gasteiger partial charge in [-0.3, -0.25) is 5.41 Å². The van der Waals surface area contributed by atoms with Crippen LogP contribution >= 0.6 is 11.6 Å². The maximum Gasteiger partial charge on any atom is 0.122 e. The van der Waals surface area contributed by atoms with Crippen LogP contribution in [0.5, 0.6) is 5.75 Å². The van der Waals surface area contributed by atoms with Crippen molar-refractivity contribution in [1.29, 1.82) is 5.41 Å². The summed E-state index contributed by atoms with van der Waals surface area (Å²) in [5.41, 5.74) is 8.31. The summed E-state index contributed by atoms with van der Waals surface area (Å²) in [5.74, 6) is 0.854. The van der Waals surface area contributed by atoms with Gasteiger partial charge in [-0.05, 0) is 48.4 Å². The van der Waals surface area contributed by atoms with E-state index in [4.69, 9.17) is 27.5 Å². The fourth-order valence-corrected chi connectivity index (χ4v) is 1.84. The Balaban J connectivity index is 2.07. The van der Waals surface area contributed by atoms with Gasteiger partial charge in [0, 0.05) is 10.6 Å². The molecule has 2 aromatic rings. The quantitative estimate of drug-likeness (QED) is 0.662. The monoisotopic (exact) mass is 274 g/mol. The van der Waals surface area contributed by atoms with Crippen LogP contribution in [0.25, 0.3) is 0 Å². The zero-order valence-corrected chi connectivity index (χ0v) is 11.4. The molecule has 98 valence electrons. The van der Waals surface area contributed by atoms with Gasteiger partial charge in [-0.1, -0.05) is 23.7 Å². The Bertz CT molecular complexity index is 594. The third-order valence-electron chi connectivity index (χ3n) is 2.86. The largest absolute Gasteiger partial charge is 0.489 e. The normalized spacial score (nSPS) is 10.2. The van der Waals surface area contributed by atoms with E-state index in [1.807, 2.05) is 37.3 Å². The van der Waals surface area contributed by atoms with Crippen molar-refractivity contribution in [3.8, 4) is 5.75 Å². The summed E-state index contributed by atoms with van der Waals surface area (Å²) in [5, 5.41) is 8.08. The number of halogens is 1. The first-order valence-electron chi connectivity index (χ1n) is 5.88. The van der Waals surface area contributed by atoms with Crippen LogP contribution in [-0.4, -0.2) is 5.84 Å². The topological polar surface area (TPSA) is 59.1 Å². The van der Waals surface area contributed by atoms with Crippen LogP contribution in [0.1, 0.15) is 16.7 Å². The van der Waals surface area contributed by atoms with Crippen LogP contribution in [0.3, 0.4) is 0 Å². The number of nitrogen functional groups attached to an aromatic ring is 1. The molecule has 3 N–H and O–H groups in total. The highest BCUT2D eigenvalue weighted by Crippen LogP contribution is 2.18. The third-order valence-corrected chi connectivity index (χ3v) is 3.11. The van der Waals surface area contributed by atoms with Gasteiger partial charge in [-0.15, -0.1) is 0 Å². The fraction of sp³-hybridized carbons (Fsp3) is 0.133. The molecule has 0 radical (unpaired) electrons. The van der Waals surface area contributed by atoms with Crippen molar-refractivity contribution in [3.63, 3.8) is 0 Å². The number of ether oxygens (including phenoxy) is 1. The molecule has 0 aliphatic rings. The van der Waals surface area contributed by atoms with Gasteiger partial charge in [0.15, 0.2) is 0 Å². The van der Waals surface area contributed by atoms with Crippen molar-refractivity contribution < 1.29 is 4.74 Å². The first-order chi connectivity index (χ1) is 9.06. The third kappa shape index (κ3) is 3.48. The smallest absolute Gasteiger partial charge is 0.122 e. The van der Waals surface area contributed by atoms with Crippen molar-refractivity contribution >= 4 is 17.4 Å². The van der Waals surface area contributed by atoms with E-state index >= 15 is 0 Å². The number of nitrogens with two attached hydrogens (primary N) is 1. The second kappa shape index (κ2) is 5.76. The lowest BCUT2D eigenvalue weighted by Gasteiger charge is -2.10. The maximum absolute atomic E-state index is 7.39. The number of hydrogen-bond donors (Lipinski definition) is 2. The Morgan fingerprint density at radius 1 is 1.21 bits per heavy atom. The van der Waals surface area contributed by atoms with Gasteiger partial charge in [0.25, 0.3) is 0 Å². The number of aryl methyl sites for hydroxylation is 1. The molecule has 0 saturated carbocycles. The average Bonchev–Trinajstić information content (AvgIpc) is 2.39. The second-order valence-corrected chi connectivity index (χ2v) is 4.73. The molecular weight excluding hydrogens is 260 g/mol. The number of benzene rings is 2. The molecule has 0 aliphatic carbocycles. The highest BCUT2D eigenvalue weighted by atomic mass is 35.5. The van der Waals surface area contributed by atoms with Gasteiger partial charge < -0.3 is 10.5 Å². The molecule has 0 amide bonds. The molecule has 0 aromatic heterocycles. The van der Waals surface area contributed by atoms with Crippen molar-refractivity contribution in [2.75, 3.05) is 0 Å². The van der Waals surface area contributed by atoms with Gasteiger partial charge in [-0.2, -0.15) is 0 Å². The van der Waals surface area contributed by atoms with E-state index in [1.54, 1.807) is 12.1 Å². The lowest BCUT2D eigenvalue weighted by molar-refractivity contribution is 0.305. The SMILES string of the molecule is Cc1cc(C(=N)N)ccc1COc1ccc(Cl)cc1. The molecule has 0 unspecified atom stereocenters. The Morgan fingerprint density at radius 3 is 2.47 bits per heavy atom. The van der Waals surface area contributed by atoms with E-state index in [0.717, 1.165) is 22.4 Å². The molecule has 4 heteroatoms. The summed E-state index contributed by atoms with van der Waals surface area (Å²) in [6.07, 6.45) is 0. The van der Waals surface area contributed by atoms with E-state index in [1.165, 1.54) is 0 Å². The summed E-state index contributed by atoms with van der Waals surface area (Å²) >= 11 is 5.81. The van der Waals surface area contributed by atoms with Gasteiger partial charge in [0.2, 0.25) is 0 Å². The van der Waals surface area contributed by atoms with Gasteiger partial charge in [0.05, 0.1) is 0 Å². The Morgan fingerprint density at radius 2 is 1.89 bits per heavy atom. The summed E-state index contributed by atoms with van der Waals surface area (Å²) in [4.78, 5) is 0. The van der Waals surface area contributed by atoms with E-state index in [2.05, 4.69) is 0 Å².